The largest absolute Gasteiger partial charge is 0.497 e. The molecule has 0 spiro atoms. The van der Waals surface area contributed by atoms with E-state index in [1.54, 1.807) is 39.5 Å². The first-order valence-corrected chi connectivity index (χ1v) is 7.79. The van der Waals surface area contributed by atoms with Crippen LogP contribution in [0.1, 0.15) is 35.3 Å². The smallest absolute Gasteiger partial charge is 0.252 e. The van der Waals surface area contributed by atoms with E-state index >= 15 is 0 Å². The maximum absolute atomic E-state index is 12.6. The molecule has 2 aromatic rings. The molecule has 0 saturated carbocycles. The minimum absolute atomic E-state index is 0.0828. The summed E-state index contributed by atoms with van der Waals surface area (Å²) in [6.45, 7) is 2.03. The standard InChI is InChI=1S/C19H23NO4/c1-5-18(13-6-8-15(22-2)9-7-13)20-19(21)14-10-16(23-3)12-17(11-14)24-4/h6-12,18H,5H2,1-4H3,(H,20,21). The molecule has 5 nitrogen and oxygen atoms in total. The van der Waals surface area contributed by atoms with Gasteiger partial charge < -0.3 is 19.5 Å². The second-order valence-corrected chi connectivity index (χ2v) is 5.31. The fraction of sp³-hybridized carbons (Fsp3) is 0.316. The highest BCUT2D eigenvalue weighted by molar-refractivity contribution is 5.95. The number of benzene rings is 2. The molecule has 128 valence electrons. The van der Waals surface area contributed by atoms with Crippen LogP contribution >= 0.6 is 0 Å². The second-order valence-electron chi connectivity index (χ2n) is 5.31. The van der Waals surface area contributed by atoms with Crippen molar-refractivity contribution >= 4 is 5.91 Å². The minimum Gasteiger partial charge on any atom is -0.497 e. The van der Waals surface area contributed by atoms with Crippen LogP contribution in [0.5, 0.6) is 17.2 Å². The van der Waals surface area contributed by atoms with Gasteiger partial charge in [0.2, 0.25) is 0 Å². The van der Waals surface area contributed by atoms with Gasteiger partial charge in [-0.2, -0.15) is 0 Å². The van der Waals surface area contributed by atoms with Crippen molar-refractivity contribution in [1.29, 1.82) is 0 Å². The number of ether oxygens (including phenoxy) is 3. The van der Waals surface area contributed by atoms with Gasteiger partial charge in [-0.1, -0.05) is 19.1 Å². The summed E-state index contributed by atoms with van der Waals surface area (Å²) in [7, 11) is 4.75. The molecule has 24 heavy (non-hydrogen) atoms. The third-order valence-electron chi connectivity index (χ3n) is 3.85. The Morgan fingerprint density at radius 1 is 0.917 bits per heavy atom. The molecule has 0 aliphatic rings. The molecule has 1 unspecified atom stereocenters. The zero-order valence-electron chi connectivity index (χ0n) is 14.5. The van der Waals surface area contributed by atoms with Crippen molar-refractivity contribution in [2.24, 2.45) is 0 Å². The Balaban J connectivity index is 2.19. The molecule has 2 rings (SSSR count). The lowest BCUT2D eigenvalue weighted by Gasteiger charge is -2.18. The lowest BCUT2D eigenvalue weighted by molar-refractivity contribution is 0.0935. The maximum atomic E-state index is 12.6. The normalized spacial score (nSPS) is 11.5. The Bertz CT molecular complexity index is 660. The van der Waals surface area contributed by atoms with Gasteiger partial charge in [-0.25, -0.2) is 0 Å². The Hall–Kier alpha value is -2.69. The number of methoxy groups -OCH3 is 3. The summed E-state index contributed by atoms with van der Waals surface area (Å²) in [5.41, 5.74) is 1.53. The third-order valence-corrected chi connectivity index (χ3v) is 3.85. The summed E-state index contributed by atoms with van der Waals surface area (Å²) in [5, 5.41) is 3.05. The topological polar surface area (TPSA) is 56.8 Å². The number of carbonyl (C=O) groups is 1. The summed E-state index contributed by atoms with van der Waals surface area (Å²) >= 11 is 0. The molecule has 0 aliphatic heterocycles. The van der Waals surface area contributed by atoms with Gasteiger partial charge in [0.25, 0.3) is 5.91 Å². The highest BCUT2D eigenvalue weighted by Crippen LogP contribution is 2.24. The SMILES string of the molecule is CCC(NC(=O)c1cc(OC)cc(OC)c1)c1ccc(OC)cc1. The third kappa shape index (κ3) is 4.19. The van der Waals surface area contributed by atoms with E-state index in [9.17, 15) is 4.79 Å². The summed E-state index contributed by atoms with van der Waals surface area (Å²) in [6.07, 6.45) is 0.777. The van der Waals surface area contributed by atoms with Gasteiger partial charge in [-0.15, -0.1) is 0 Å². The van der Waals surface area contributed by atoms with Crippen LogP contribution in [0.2, 0.25) is 0 Å². The van der Waals surface area contributed by atoms with Crippen molar-refractivity contribution in [2.45, 2.75) is 19.4 Å². The lowest BCUT2D eigenvalue weighted by atomic mass is 10.0. The van der Waals surface area contributed by atoms with Crippen LogP contribution in [0.25, 0.3) is 0 Å². The van der Waals surface area contributed by atoms with Crippen LogP contribution in [-0.4, -0.2) is 27.2 Å². The first-order chi connectivity index (χ1) is 11.6. The number of rotatable bonds is 7. The van der Waals surface area contributed by atoms with Crippen molar-refractivity contribution in [3.8, 4) is 17.2 Å². The molecule has 0 aromatic heterocycles. The van der Waals surface area contributed by atoms with E-state index < -0.39 is 0 Å². The molecule has 0 heterocycles. The van der Waals surface area contributed by atoms with Crippen molar-refractivity contribution < 1.29 is 19.0 Å². The maximum Gasteiger partial charge on any atom is 0.252 e. The van der Waals surface area contributed by atoms with Crippen LogP contribution in [0.15, 0.2) is 42.5 Å². The van der Waals surface area contributed by atoms with E-state index in [4.69, 9.17) is 14.2 Å². The molecule has 0 fully saturated rings. The molecule has 1 amide bonds. The summed E-state index contributed by atoms with van der Waals surface area (Å²) in [4.78, 5) is 12.6. The van der Waals surface area contributed by atoms with E-state index in [1.807, 2.05) is 31.2 Å². The van der Waals surface area contributed by atoms with Crippen molar-refractivity contribution in [3.05, 3.63) is 53.6 Å². The summed E-state index contributed by atoms with van der Waals surface area (Å²) in [6, 6.07) is 12.7. The summed E-state index contributed by atoms with van der Waals surface area (Å²) in [5.74, 6) is 1.78. The molecule has 5 heteroatoms. The van der Waals surface area contributed by atoms with Crippen LogP contribution in [-0.2, 0) is 0 Å². The van der Waals surface area contributed by atoms with Gasteiger partial charge in [0.15, 0.2) is 0 Å². The van der Waals surface area contributed by atoms with Crippen molar-refractivity contribution in [3.63, 3.8) is 0 Å². The lowest BCUT2D eigenvalue weighted by Crippen LogP contribution is -2.28. The average molecular weight is 329 g/mol. The molecule has 1 atom stereocenters. The molecule has 1 N–H and O–H groups in total. The molecular formula is C19H23NO4. The van der Waals surface area contributed by atoms with Gasteiger partial charge in [0.1, 0.15) is 17.2 Å². The molecular weight excluding hydrogens is 306 g/mol. The average Bonchev–Trinajstić information content (AvgIpc) is 2.65. The first-order valence-electron chi connectivity index (χ1n) is 7.79. The Morgan fingerprint density at radius 3 is 1.92 bits per heavy atom. The Kier molecular flexibility index (Phi) is 6.07. The zero-order chi connectivity index (χ0) is 17.5. The quantitative estimate of drug-likeness (QED) is 0.843. The monoisotopic (exact) mass is 329 g/mol. The Labute approximate surface area is 142 Å². The highest BCUT2D eigenvalue weighted by atomic mass is 16.5. The fourth-order valence-corrected chi connectivity index (χ4v) is 2.44. The minimum atomic E-state index is -0.171. The predicted octanol–water partition coefficient (Wildman–Crippen LogP) is 3.59. The Morgan fingerprint density at radius 2 is 1.46 bits per heavy atom. The van der Waals surface area contributed by atoms with E-state index in [0.29, 0.717) is 17.1 Å². The molecule has 0 saturated heterocycles. The van der Waals surface area contributed by atoms with E-state index in [-0.39, 0.29) is 11.9 Å². The molecule has 2 aromatic carbocycles. The molecule has 0 aliphatic carbocycles. The molecule has 0 radical (unpaired) electrons. The van der Waals surface area contributed by atoms with Gasteiger partial charge in [-0.3, -0.25) is 4.79 Å². The molecule has 0 bridgehead atoms. The van der Waals surface area contributed by atoms with Crippen molar-refractivity contribution in [2.75, 3.05) is 21.3 Å². The van der Waals surface area contributed by atoms with Crippen molar-refractivity contribution in [1.82, 2.24) is 5.32 Å². The van der Waals surface area contributed by atoms with E-state index in [0.717, 1.165) is 17.7 Å². The van der Waals surface area contributed by atoms with E-state index in [1.165, 1.54) is 0 Å². The summed E-state index contributed by atoms with van der Waals surface area (Å²) < 4.78 is 15.6. The van der Waals surface area contributed by atoms with Gasteiger partial charge in [0, 0.05) is 11.6 Å². The van der Waals surface area contributed by atoms with Crippen LogP contribution < -0.4 is 19.5 Å². The number of carbonyl (C=O) groups excluding carboxylic acids is 1. The number of hydrogen-bond donors (Lipinski definition) is 1. The number of nitrogens with one attached hydrogen (secondary N) is 1. The second kappa shape index (κ2) is 8.24. The van der Waals surface area contributed by atoms with Crippen LogP contribution in [0.3, 0.4) is 0 Å². The van der Waals surface area contributed by atoms with Gasteiger partial charge in [-0.05, 0) is 36.2 Å². The van der Waals surface area contributed by atoms with Gasteiger partial charge >= 0.3 is 0 Å². The zero-order valence-corrected chi connectivity index (χ0v) is 14.5. The predicted molar refractivity (Wildman–Crippen MR) is 93.0 cm³/mol. The van der Waals surface area contributed by atoms with E-state index in [2.05, 4.69) is 5.32 Å². The highest BCUT2D eigenvalue weighted by Gasteiger charge is 2.16. The number of amides is 1. The number of hydrogen-bond acceptors (Lipinski definition) is 4. The van der Waals surface area contributed by atoms with Gasteiger partial charge in [0.05, 0.1) is 27.4 Å². The first kappa shape index (κ1) is 17.7. The van der Waals surface area contributed by atoms with Crippen LogP contribution in [0.4, 0.5) is 0 Å². The van der Waals surface area contributed by atoms with Crippen LogP contribution in [0, 0.1) is 0 Å². The fourth-order valence-electron chi connectivity index (χ4n) is 2.44.